The van der Waals surface area contributed by atoms with Crippen LogP contribution in [-0.4, -0.2) is 5.16 Å². The predicted molar refractivity (Wildman–Crippen MR) is 25.9 cm³/mol. The number of nitrogens with two attached hydrogens (primary N) is 1. The number of anilines is 1. The van der Waals surface area contributed by atoms with E-state index in [-0.39, 0.29) is 5.82 Å². The molecule has 0 amide bonds. The number of halogens is 1. The number of rotatable bonds is 0. The number of nitrogens with zero attached hydrogens (tertiary/aromatic N) is 1. The third kappa shape index (κ3) is 0.667. The Hall–Kier alpha value is -0.700. The van der Waals surface area contributed by atoms with Gasteiger partial charge in [0.25, 0.3) is 0 Å². The molecule has 4 heteroatoms. The average Bonchev–Trinajstić information content (AvgIpc) is 1.91. The number of hydrogen-bond donors (Lipinski definition) is 1. The van der Waals surface area contributed by atoms with Crippen molar-refractivity contribution in [2.24, 2.45) is 0 Å². The zero-order valence-electron chi connectivity index (χ0n) is 3.39. The highest BCUT2D eigenvalue weighted by Crippen LogP contribution is 2.13. The van der Waals surface area contributed by atoms with Gasteiger partial charge in [0, 0.05) is 0 Å². The third-order valence-electron chi connectivity index (χ3n) is 0.552. The number of nitrogen functional groups attached to an aromatic ring is 1. The Morgan fingerprint density at radius 3 is 2.71 bits per heavy atom. The van der Waals surface area contributed by atoms with Crippen molar-refractivity contribution in [3.63, 3.8) is 0 Å². The molecule has 0 aliphatic heterocycles. The molecule has 0 radical (unpaired) electrons. The molecule has 7 heavy (non-hydrogen) atoms. The molecule has 1 aromatic rings. The summed E-state index contributed by atoms with van der Waals surface area (Å²) in [5.74, 6) is 0.238. The van der Waals surface area contributed by atoms with Gasteiger partial charge in [0.2, 0.25) is 0 Å². The first-order chi connectivity index (χ1) is 3.30. The molecule has 1 rings (SSSR count). The summed E-state index contributed by atoms with van der Waals surface area (Å²) >= 11 is 5.34. The molecule has 0 fully saturated rings. The fourth-order valence-electron chi connectivity index (χ4n) is 0.233. The smallest absolute Gasteiger partial charge is 0.185 e. The third-order valence-corrected chi connectivity index (χ3v) is 0.835. The van der Waals surface area contributed by atoms with E-state index in [4.69, 9.17) is 17.3 Å². The highest BCUT2D eigenvalue weighted by atomic mass is 35.5. The maximum Gasteiger partial charge on any atom is 0.185 e. The quantitative estimate of drug-likeness (QED) is 0.551. The minimum atomic E-state index is 0.238. The second-order valence-corrected chi connectivity index (χ2v) is 1.45. The molecule has 1 aromatic heterocycles. The summed E-state index contributed by atoms with van der Waals surface area (Å²) in [6, 6.07) is 0. The topological polar surface area (TPSA) is 52.0 Å². The largest absolute Gasteiger partial charge is 0.380 e. The van der Waals surface area contributed by atoms with Crippen LogP contribution in [0.3, 0.4) is 0 Å². The van der Waals surface area contributed by atoms with Crippen LogP contribution in [0.1, 0.15) is 0 Å². The molecular formula is C3H3ClN2O. The van der Waals surface area contributed by atoms with Gasteiger partial charge < -0.3 is 10.3 Å². The zero-order chi connectivity index (χ0) is 5.28. The van der Waals surface area contributed by atoms with E-state index in [1.54, 1.807) is 0 Å². The van der Waals surface area contributed by atoms with Crippen LogP contribution in [0.25, 0.3) is 0 Å². The molecule has 0 saturated carbocycles. The van der Waals surface area contributed by atoms with Gasteiger partial charge in [0.1, 0.15) is 11.3 Å². The van der Waals surface area contributed by atoms with Crippen LogP contribution in [-0.2, 0) is 0 Å². The summed E-state index contributed by atoms with van der Waals surface area (Å²) in [5.41, 5.74) is 5.10. The van der Waals surface area contributed by atoms with Gasteiger partial charge in [-0.25, -0.2) is 0 Å². The Balaban J connectivity index is 3.12. The van der Waals surface area contributed by atoms with Gasteiger partial charge in [-0.15, -0.1) is 0 Å². The van der Waals surface area contributed by atoms with Crippen molar-refractivity contribution >= 4 is 17.4 Å². The van der Waals surface area contributed by atoms with Crippen LogP contribution in [0.2, 0.25) is 5.02 Å². The number of hydrogen-bond acceptors (Lipinski definition) is 3. The average molecular weight is 119 g/mol. The minimum absolute atomic E-state index is 0.238. The second kappa shape index (κ2) is 1.42. The molecule has 0 bridgehead atoms. The first-order valence-electron chi connectivity index (χ1n) is 1.66. The van der Waals surface area contributed by atoms with E-state index in [1.807, 2.05) is 0 Å². The van der Waals surface area contributed by atoms with Gasteiger partial charge in [0.05, 0.1) is 0 Å². The highest BCUT2D eigenvalue weighted by molar-refractivity contribution is 6.32. The van der Waals surface area contributed by atoms with Crippen LogP contribution in [0.5, 0.6) is 0 Å². The monoisotopic (exact) mass is 118 g/mol. The molecule has 0 aliphatic carbocycles. The normalized spacial score (nSPS) is 9.29. The maximum atomic E-state index is 5.34. The maximum absolute atomic E-state index is 5.34. The Morgan fingerprint density at radius 2 is 2.57 bits per heavy atom. The Labute approximate surface area is 45.0 Å². The lowest BCUT2D eigenvalue weighted by atomic mass is 10.7. The van der Waals surface area contributed by atoms with Crippen molar-refractivity contribution in [2.45, 2.75) is 0 Å². The van der Waals surface area contributed by atoms with Crippen molar-refractivity contribution in [1.82, 2.24) is 5.16 Å². The minimum Gasteiger partial charge on any atom is -0.380 e. The van der Waals surface area contributed by atoms with Gasteiger partial charge >= 0.3 is 0 Å². The molecule has 0 aliphatic rings. The van der Waals surface area contributed by atoms with Crippen LogP contribution in [0.15, 0.2) is 10.8 Å². The molecule has 3 nitrogen and oxygen atoms in total. The Morgan fingerprint density at radius 1 is 1.86 bits per heavy atom. The van der Waals surface area contributed by atoms with Crippen molar-refractivity contribution in [2.75, 3.05) is 5.73 Å². The lowest BCUT2D eigenvalue weighted by Crippen LogP contribution is -1.81. The molecule has 1 heterocycles. The fraction of sp³-hybridized carbons (Fsp3) is 0. The van der Waals surface area contributed by atoms with E-state index in [2.05, 4.69) is 9.68 Å². The van der Waals surface area contributed by atoms with Crippen molar-refractivity contribution in [1.29, 1.82) is 0 Å². The van der Waals surface area contributed by atoms with Crippen LogP contribution >= 0.6 is 11.6 Å². The molecule has 2 N–H and O–H groups in total. The molecule has 0 spiro atoms. The highest BCUT2D eigenvalue weighted by Gasteiger charge is 1.94. The van der Waals surface area contributed by atoms with Crippen molar-refractivity contribution in [3.8, 4) is 0 Å². The van der Waals surface area contributed by atoms with Crippen molar-refractivity contribution < 1.29 is 4.52 Å². The van der Waals surface area contributed by atoms with E-state index >= 15 is 0 Å². The molecular weight excluding hydrogens is 115 g/mol. The molecule has 0 atom stereocenters. The summed E-state index contributed by atoms with van der Waals surface area (Å²) in [6.45, 7) is 0. The van der Waals surface area contributed by atoms with Crippen LogP contribution < -0.4 is 5.73 Å². The van der Waals surface area contributed by atoms with Crippen LogP contribution in [0, 0.1) is 0 Å². The Bertz CT molecular complexity index is 145. The Kier molecular flexibility index (Phi) is 0.906. The summed E-state index contributed by atoms with van der Waals surface area (Å²) in [6.07, 6.45) is 1.27. The summed E-state index contributed by atoms with van der Waals surface area (Å²) in [4.78, 5) is 0. The van der Waals surface area contributed by atoms with Gasteiger partial charge in [-0.1, -0.05) is 16.8 Å². The van der Waals surface area contributed by atoms with E-state index in [0.717, 1.165) is 0 Å². The molecule has 0 unspecified atom stereocenters. The van der Waals surface area contributed by atoms with E-state index in [0.29, 0.717) is 5.02 Å². The molecule has 0 aromatic carbocycles. The summed E-state index contributed by atoms with van der Waals surface area (Å²) < 4.78 is 4.34. The standard InChI is InChI=1S/C3H3ClN2O/c4-2-1-7-6-3(2)5/h1H,(H2,5,6). The van der Waals surface area contributed by atoms with Gasteiger partial charge in [-0.2, -0.15) is 0 Å². The first kappa shape index (κ1) is 4.46. The van der Waals surface area contributed by atoms with E-state index in [1.165, 1.54) is 6.26 Å². The van der Waals surface area contributed by atoms with E-state index < -0.39 is 0 Å². The SMILES string of the molecule is Nc1nocc1Cl. The first-order valence-corrected chi connectivity index (χ1v) is 2.04. The van der Waals surface area contributed by atoms with Gasteiger partial charge in [-0.3, -0.25) is 0 Å². The fourth-order valence-corrected chi connectivity index (χ4v) is 0.308. The number of aromatic nitrogens is 1. The molecule has 0 saturated heterocycles. The lowest BCUT2D eigenvalue weighted by Gasteiger charge is -1.72. The van der Waals surface area contributed by atoms with Gasteiger partial charge in [-0.05, 0) is 0 Å². The zero-order valence-corrected chi connectivity index (χ0v) is 4.14. The van der Waals surface area contributed by atoms with E-state index in [9.17, 15) is 0 Å². The molecule has 38 valence electrons. The summed E-state index contributed by atoms with van der Waals surface area (Å²) in [7, 11) is 0. The second-order valence-electron chi connectivity index (χ2n) is 1.05. The summed E-state index contributed by atoms with van der Waals surface area (Å²) in [5, 5.41) is 3.65. The van der Waals surface area contributed by atoms with Crippen LogP contribution in [0.4, 0.5) is 5.82 Å². The lowest BCUT2D eigenvalue weighted by molar-refractivity contribution is 0.423. The van der Waals surface area contributed by atoms with Crippen molar-refractivity contribution in [3.05, 3.63) is 11.3 Å². The predicted octanol–water partition coefficient (Wildman–Crippen LogP) is 0.910. The van der Waals surface area contributed by atoms with Gasteiger partial charge in [0.15, 0.2) is 5.82 Å².